The number of carbonyl (C=O) groups is 2. The zero-order valence-corrected chi connectivity index (χ0v) is 16.8. The van der Waals surface area contributed by atoms with Crippen LogP contribution in [0.25, 0.3) is 0 Å². The Balaban J connectivity index is 1.56. The molecule has 1 unspecified atom stereocenters. The van der Waals surface area contributed by atoms with Crippen LogP contribution >= 0.6 is 23.5 Å². The number of methoxy groups -OCH3 is 1. The van der Waals surface area contributed by atoms with Gasteiger partial charge in [0.15, 0.2) is 6.10 Å². The van der Waals surface area contributed by atoms with Gasteiger partial charge in [0.05, 0.1) is 17.3 Å². The first-order chi connectivity index (χ1) is 13.1. The quantitative estimate of drug-likeness (QED) is 0.723. The molecule has 0 aromatic heterocycles. The molecule has 2 aromatic rings. The summed E-state index contributed by atoms with van der Waals surface area (Å²) >= 11 is 3.83. The molecule has 1 heterocycles. The lowest BCUT2D eigenvalue weighted by atomic mass is 10.1. The monoisotopic (exact) mass is 403 g/mol. The van der Waals surface area contributed by atoms with Gasteiger partial charge in [-0.15, -0.1) is 23.5 Å². The predicted molar refractivity (Wildman–Crippen MR) is 111 cm³/mol. The van der Waals surface area contributed by atoms with Gasteiger partial charge in [0.1, 0.15) is 5.75 Å². The molecule has 1 aliphatic rings. The summed E-state index contributed by atoms with van der Waals surface area (Å²) in [5, 5.41) is 2.72. The molecule has 0 radical (unpaired) electrons. The first kappa shape index (κ1) is 19.6. The van der Waals surface area contributed by atoms with E-state index in [9.17, 15) is 9.59 Å². The van der Waals surface area contributed by atoms with Crippen molar-refractivity contribution in [2.45, 2.75) is 17.6 Å². The van der Waals surface area contributed by atoms with Crippen molar-refractivity contribution in [2.24, 2.45) is 0 Å². The first-order valence-electron chi connectivity index (χ1n) is 8.56. The van der Waals surface area contributed by atoms with Crippen LogP contribution in [0, 0.1) is 0 Å². The minimum atomic E-state index is -0.913. The summed E-state index contributed by atoms with van der Waals surface area (Å²) in [5.41, 5.74) is 2.22. The average molecular weight is 404 g/mol. The largest absolute Gasteiger partial charge is 0.497 e. The highest BCUT2D eigenvalue weighted by Crippen LogP contribution is 2.45. The fourth-order valence-corrected chi connectivity index (χ4v) is 5.41. The molecular weight excluding hydrogens is 382 g/mol. The average Bonchev–Trinajstić information content (AvgIpc) is 3.23. The van der Waals surface area contributed by atoms with Crippen molar-refractivity contribution in [1.29, 1.82) is 0 Å². The number of hydrogen-bond donors (Lipinski definition) is 1. The van der Waals surface area contributed by atoms with E-state index in [-0.39, 0.29) is 0 Å². The Bertz CT molecular complexity index is 804. The molecule has 1 N–H and O–H groups in total. The molecule has 2 aromatic carbocycles. The van der Waals surface area contributed by atoms with Crippen molar-refractivity contribution in [1.82, 2.24) is 0 Å². The van der Waals surface area contributed by atoms with Gasteiger partial charge in [-0.25, -0.2) is 4.79 Å². The second-order valence-electron chi connectivity index (χ2n) is 5.96. The number of thioether (sulfide) groups is 2. The predicted octanol–water partition coefficient (Wildman–Crippen LogP) is 4.36. The summed E-state index contributed by atoms with van der Waals surface area (Å²) in [6.07, 6.45) is -0.913. The molecule has 0 bridgehead atoms. The number of amides is 1. The van der Waals surface area contributed by atoms with Crippen LogP contribution in [0.15, 0.2) is 48.5 Å². The number of carbonyl (C=O) groups excluding carboxylic acids is 2. The molecule has 0 saturated carbocycles. The normalized spacial score (nSPS) is 15.2. The summed E-state index contributed by atoms with van der Waals surface area (Å²) in [5.74, 6) is 2.03. The maximum absolute atomic E-state index is 12.3. The number of ether oxygens (including phenoxy) is 2. The summed E-state index contributed by atoms with van der Waals surface area (Å²) in [6, 6.07) is 14.4. The van der Waals surface area contributed by atoms with Gasteiger partial charge in [-0.2, -0.15) is 0 Å². The van der Waals surface area contributed by atoms with Crippen molar-refractivity contribution in [2.75, 3.05) is 23.9 Å². The highest BCUT2D eigenvalue weighted by atomic mass is 32.2. The summed E-state index contributed by atoms with van der Waals surface area (Å²) in [4.78, 5) is 24.6. The van der Waals surface area contributed by atoms with Gasteiger partial charge >= 0.3 is 5.97 Å². The van der Waals surface area contributed by atoms with Crippen LogP contribution in [0.3, 0.4) is 0 Å². The lowest BCUT2D eigenvalue weighted by molar-refractivity contribution is -0.123. The molecule has 1 saturated heterocycles. The van der Waals surface area contributed by atoms with Gasteiger partial charge in [0, 0.05) is 23.3 Å². The van der Waals surface area contributed by atoms with Gasteiger partial charge in [0.2, 0.25) is 0 Å². The fourth-order valence-electron chi connectivity index (χ4n) is 2.55. The Hall–Kier alpha value is -2.12. The van der Waals surface area contributed by atoms with Crippen LogP contribution in [0.1, 0.15) is 27.4 Å². The van der Waals surface area contributed by atoms with Crippen molar-refractivity contribution >= 4 is 41.1 Å². The van der Waals surface area contributed by atoms with Crippen LogP contribution < -0.4 is 10.1 Å². The summed E-state index contributed by atoms with van der Waals surface area (Å²) in [6.45, 7) is 1.55. The highest BCUT2D eigenvalue weighted by molar-refractivity contribution is 8.19. The third-order valence-corrected chi connectivity index (χ3v) is 7.14. The van der Waals surface area contributed by atoms with Crippen molar-refractivity contribution in [3.8, 4) is 5.75 Å². The van der Waals surface area contributed by atoms with E-state index in [4.69, 9.17) is 9.47 Å². The first-order valence-corrected chi connectivity index (χ1v) is 10.7. The van der Waals surface area contributed by atoms with E-state index < -0.39 is 18.0 Å². The second-order valence-corrected chi connectivity index (χ2v) is 8.69. The molecule has 1 fully saturated rings. The van der Waals surface area contributed by atoms with E-state index in [1.807, 2.05) is 35.7 Å². The smallest absolute Gasteiger partial charge is 0.338 e. The van der Waals surface area contributed by atoms with Crippen LogP contribution in [0.5, 0.6) is 5.75 Å². The van der Waals surface area contributed by atoms with Crippen LogP contribution in [-0.4, -0.2) is 36.6 Å². The van der Waals surface area contributed by atoms with Gasteiger partial charge < -0.3 is 14.8 Å². The lowest BCUT2D eigenvalue weighted by Gasteiger charge is -2.14. The standard InChI is InChI=1S/C20H21NO4S2/c1-13(18(22)21-16-4-3-5-17(12-16)24-2)25-19(23)14-6-8-15(9-7-14)20-26-10-11-27-20/h3-9,12-13,20H,10-11H2,1-2H3,(H,21,22). The van der Waals surface area contributed by atoms with Gasteiger partial charge in [-0.1, -0.05) is 18.2 Å². The van der Waals surface area contributed by atoms with E-state index in [1.54, 1.807) is 50.4 Å². The molecule has 142 valence electrons. The minimum Gasteiger partial charge on any atom is -0.497 e. The molecule has 5 nitrogen and oxygen atoms in total. The molecule has 1 amide bonds. The summed E-state index contributed by atoms with van der Waals surface area (Å²) in [7, 11) is 1.56. The van der Waals surface area contributed by atoms with E-state index in [1.165, 1.54) is 5.56 Å². The van der Waals surface area contributed by atoms with E-state index in [2.05, 4.69) is 5.32 Å². The third-order valence-electron chi connectivity index (χ3n) is 4.03. The van der Waals surface area contributed by atoms with Crippen LogP contribution in [-0.2, 0) is 9.53 Å². The maximum atomic E-state index is 12.3. The SMILES string of the molecule is COc1cccc(NC(=O)C(C)OC(=O)c2ccc(C3SCCS3)cc2)c1. The molecule has 3 rings (SSSR count). The van der Waals surface area contributed by atoms with Gasteiger partial charge in [0.25, 0.3) is 5.91 Å². The zero-order chi connectivity index (χ0) is 19.2. The third kappa shape index (κ3) is 5.20. The number of benzene rings is 2. The molecule has 27 heavy (non-hydrogen) atoms. The van der Waals surface area contributed by atoms with E-state index in [0.717, 1.165) is 11.5 Å². The van der Waals surface area contributed by atoms with Crippen LogP contribution in [0.2, 0.25) is 0 Å². The number of esters is 1. The van der Waals surface area contributed by atoms with Gasteiger partial charge in [-0.3, -0.25) is 4.79 Å². The van der Waals surface area contributed by atoms with Crippen molar-refractivity contribution in [3.05, 3.63) is 59.7 Å². The molecule has 0 spiro atoms. The van der Waals surface area contributed by atoms with E-state index in [0.29, 0.717) is 21.6 Å². The summed E-state index contributed by atoms with van der Waals surface area (Å²) < 4.78 is 10.9. The Kier molecular flexibility index (Phi) is 6.68. The molecule has 0 aliphatic carbocycles. The number of nitrogens with one attached hydrogen (secondary N) is 1. The Labute approximate surface area is 167 Å². The van der Waals surface area contributed by atoms with Crippen molar-refractivity contribution < 1.29 is 19.1 Å². The minimum absolute atomic E-state index is 0.396. The Morgan fingerprint density at radius 1 is 1.11 bits per heavy atom. The number of hydrogen-bond acceptors (Lipinski definition) is 6. The van der Waals surface area contributed by atoms with E-state index >= 15 is 0 Å². The topological polar surface area (TPSA) is 64.6 Å². The fraction of sp³-hybridized carbons (Fsp3) is 0.300. The zero-order valence-electron chi connectivity index (χ0n) is 15.1. The van der Waals surface area contributed by atoms with Crippen LogP contribution in [0.4, 0.5) is 5.69 Å². The molecule has 1 atom stereocenters. The van der Waals surface area contributed by atoms with Gasteiger partial charge in [-0.05, 0) is 36.8 Å². The molecular formula is C20H21NO4S2. The Morgan fingerprint density at radius 2 is 1.81 bits per heavy atom. The maximum Gasteiger partial charge on any atom is 0.338 e. The Morgan fingerprint density at radius 3 is 2.48 bits per heavy atom. The molecule has 7 heteroatoms. The second kappa shape index (κ2) is 9.19. The number of rotatable bonds is 6. The van der Waals surface area contributed by atoms with Crippen molar-refractivity contribution in [3.63, 3.8) is 0 Å². The number of anilines is 1. The lowest BCUT2D eigenvalue weighted by Crippen LogP contribution is -2.30. The molecule has 1 aliphatic heterocycles. The highest BCUT2D eigenvalue weighted by Gasteiger charge is 2.21.